The van der Waals surface area contributed by atoms with Gasteiger partial charge in [0, 0.05) is 23.8 Å². The van der Waals surface area contributed by atoms with Crippen LogP contribution in [0.4, 0.5) is 0 Å². The summed E-state index contributed by atoms with van der Waals surface area (Å²) < 4.78 is 2.91. The molecule has 1 heterocycles. The second-order valence-corrected chi connectivity index (χ2v) is 7.45. The van der Waals surface area contributed by atoms with Gasteiger partial charge in [-0.25, -0.2) is 0 Å². The number of hydrogen-bond donors (Lipinski definition) is 1. The monoisotopic (exact) mass is 326 g/mol. The number of halogens is 1. The van der Waals surface area contributed by atoms with Gasteiger partial charge in [0.2, 0.25) is 0 Å². The molecule has 1 aromatic rings. The first kappa shape index (κ1) is 14.6. The number of carbonyl (C=O) groups is 1. The minimum Gasteiger partial charge on any atom is -0.350 e. The lowest BCUT2D eigenvalue weighted by atomic mass is 10.0. The average molecular weight is 327 g/mol. The van der Waals surface area contributed by atoms with Crippen LogP contribution in [0.25, 0.3) is 0 Å². The van der Waals surface area contributed by atoms with E-state index in [1.165, 1.54) is 0 Å². The molecule has 19 heavy (non-hydrogen) atoms. The molecule has 1 aliphatic rings. The highest BCUT2D eigenvalue weighted by atomic mass is 79.9. The summed E-state index contributed by atoms with van der Waals surface area (Å²) in [6, 6.07) is 1.88. The molecule has 0 spiro atoms. The third-order valence-electron chi connectivity index (χ3n) is 5.22. The van der Waals surface area contributed by atoms with Crippen LogP contribution >= 0.6 is 15.9 Å². The lowest BCUT2D eigenvalue weighted by Gasteiger charge is -2.08. The average Bonchev–Trinajstić information content (AvgIpc) is 2.64. The van der Waals surface area contributed by atoms with Crippen LogP contribution < -0.4 is 5.32 Å². The SMILES string of the molecule is CCn1cc(Br)cc1C(=O)NCC1C(C)(C)C1(C)C. The molecule has 3 nitrogen and oxygen atoms in total. The minimum atomic E-state index is 0.0195. The molecular formula is C15H23BrN2O. The van der Waals surface area contributed by atoms with E-state index in [4.69, 9.17) is 0 Å². The van der Waals surface area contributed by atoms with Gasteiger partial charge in [0.25, 0.3) is 5.91 Å². The molecule has 1 aliphatic carbocycles. The summed E-state index contributed by atoms with van der Waals surface area (Å²) >= 11 is 3.42. The maximum absolute atomic E-state index is 12.2. The second kappa shape index (κ2) is 4.65. The van der Waals surface area contributed by atoms with E-state index < -0.39 is 0 Å². The van der Waals surface area contributed by atoms with Crippen molar-refractivity contribution in [2.24, 2.45) is 16.7 Å². The van der Waals surface area contributed by atoms with Crippen LogP contribution in [0.3, 0.4) is 0 Å². The molecule has 1 fully saturated rings. The van der Waals surface area contributed by atoms with Crippen molar-refractivity contribution >= 4 is 21.8 Å². The first-order chi connectivity index (χ1) is 8.71. The second-order valence-electron chi connectivity index (χ2n) is 6.54. The molecule has 2 rings (SSSR count). The molecule has 1 saturated carbocycles. The van der Waals surface area contributed by atoms with Crippen LogP contribution in [0.1, 0.15) is 45.1 Å². The van der Waals surface area contributed by atoms with Crippen molar-refractivity contribution in [1.82, 2.24) is 9.88 Å². The van der Waals surface area contributed by atoms with Crippen molar-refractivity contribution < 1.29 is 4.79 Å². The van der Waals surface area contributed by atoms with Gasteiger partial charge in [0.15, 0.2) is 0 Å². The van der Waals surface area contributed by atoms with Gasteiger partial charge >= 0.3 is 0 Å². The Morgan fingerprint density at radius 2 is 1.95 bits per heavy atom. The zero-order valence-corrected chi connectivity index (χ0v) is 14.0. The number of aromatic nitrogens is 1. The molecule has 0 radical (unpaired) electrons. The topological polar surface area (TPSA) is 34.0 Å². The lowest BCUT2D eigenvalue weighted by Crippen LogP contribution is -2.28. The van der Waals surface area contributed by atoms with Crippen LogP contribution in [-0.4, -0.2) is 17.0 Å². The summed E-state index contributed by atoms with van der Waals surface area (Å²) in [5.41, 5.74) is 1.35. The number of aryl methyl sites for hydroxylation is 1. The standard InChI is InChI=1S/C15H23BrN2O/c1-6-18-9-10(16)7-11(18)13(19)17-8-12-14(2,3)15(12,4)5/h7,9,12H,6,8H2,1-5H3,(H,17,19). The first-order valence-electron chi connectivity index (χ1n) is 6.85. The normalized spacial score (nSPS) is 20.3. The Morgan fingerprint density at radius 1 is 1.37 bits per heavy atom. The first-order valence-corrected chi connectivity index (χ1v) is 7.65. The Balaban J connectivity index is 2.00. The maximum Gasteiger partial charge on any atom is 0.267 e. The molecule has 1 N–H and O–H groups in total. The van der Waals surface area contributed by atoms with Gasteiger partial charge in [0.1, 0.15) is 5.69 Å². The maximum atomic E-state index is 12.2. The van der Waals surface area contributed by atoms with Gasteiger partial charge in [-0.1, -0.05) is 27.7 Å². The Morgan fingerprint density at radius 3 is 2.42 bits per heavy atom. The molecular weight excluding hydrogens is 304 g/mol. The molecule has 0 aliphatic heterocycles. The lowest BCUT2D eigenvalue weighted by molar-refractivity contribution is 0.0940. The Hall–Kier alpha value is -0.770. The molecule has 106 valence electrons. The van der Waals surface area contributed by atoms with Gasteiger partial charge in [0.05, 0.1) is 0 Å². The number of rotatable bonds is 4. The van der Waals surface area contributed by atoms with E-state index in [0.29, 0.717) is 16.7 Å². The number of nitrogens with one attached hydrogen (secondary N) is 1. The summed E-state index contributed by atoms with van der Waals surface area (Å²) in [5, 5.41) is 3.08. The fourth-order valence-corrected chi connectivity index (χ4v) is 3.52. The highest BCUT2D eigenvalue weighted by Crippen LogP contribution is 2.67. The van der Waals surface area contributed by atoms with Crippen molar-refractivity contribution in [1.29, 1.82) is 0 Å². The van der Waals surface area contributed by atoms with Gasteiger partial charge in [-0.05, 0) is 45.7 Å². The van der Waals surface area contributed by atoms with Crippen molar-refractivity contribution in [3.8, 4) is 0 Å². The summed E-state index contributed by atoms with van der Waals surface area (Å²) in [7, 11) is 0. The van der Waals surface area contributed by atoms with Gasteiger partial charge < -0.3 is 9.88 Å². The Bertz CT molecular complexity index is 488. The van der Waals surface area contributed by atoms with Crippen LogP contribution in [0, 0.1) is 16.7 Å². The fraction of sp³-hybridized carbons (Fsp3) is 0.667. The smallest absolute Gasteiger partial charge is 0.267 e. The number of nitrogens with zero attached hydrogens (tertiary/aromatic N) is 1. The molecule has 4 heteroatoms. The van der Waals surface area contributed by atoms with E-state index in [0.717, 1.165) is 23.3 Å². The molecule has 1 amide bonds. The number of hydrogen-bond acceptors (Lipinski definition) is 1. The summed E-state index contributed by atoms with van der Waals surface area (Å²) in [4.78, 5) is 12.2. The van der Waals surface area contributed by atoms with Gasteiger partial charge in [-0.3, -0.25) is 4.79 Å². The van der Waals surface area contributed by atoms with E-state index in [1.807, 2.05) is 23.8 Å². The highest BCUT2D eigenvalue weighted by Gasteiger charge is 2.64. The number of carbonyl (C=O) groups excluding carboxylic acids is 1. The quantitative estimate of drug-likeness (QED) is 0.899. The predicted octanol–water partition coefficient (Wildman–Crippen LogP) is 3.68. The van der Waals surface area contributed by atoms with Crippen LogP contribution in [0.2, 0.25) is 0 Å². The van der Waals surface area contributed by atoms with E-state index in [9.17, 15) is 4.79 Å². The third-order valence-corrected chi connectivity index (χ3v) is 5.66. The summed E-state index contributed by atoms with van der Waals surface area (Å²) in [6.07, 6.45) is 1.94. The van der Waals surface area contributed by atoms with Crippen molar-refractivity contribution in [2.75, 3.05) is 6.54 Å². The summed E-state index contributed by atoms with van der Waals surface area (Å²) in [5.74, 6) is 0.573. The summed E-state index contributed by atoms with van der Waals surface area (Å²) in [6.45, 7) is 12.7. The van der Waals surface area contributed by atoms with Crippen LogP contribution in [0.5, 0.6) is 0 Å². The van der Waals surface area contributed by atoms with Gasteiger partial charge in [-0.15, -0.1) is 0 Å². The third kappa shape index (κ3) is 2.35. The molecule has 0 saturated heterocycles. The highest BCUT2D eigenvalue weighted by molar-refractivity contribution is 9.10. The van der Waals surface area contributed by atoms with Crippen LogP contribution in [0.15, 0.2) is 16.7 Å². The largest absolute Gasteiger partial charge is 0.350 e. The number of amides is 1. The molecule has 0 bridgehead atoms. The van der Waals surface area contributed by atoms with Crippen molar-refractivity contribution in [3.05, 3.63) is 22.4 Å². The molecule has 1 aromatic heterocycles. The Labute approximate surface area is 123 Å². The van der Waals surface area contributed by atoms with E-state index in [-0.39, 0.29) is 5.91 Å². The molecule has 0 aromatic carbocycles. The molecule has 0 unspecified atom stereocenters. The predicted molar refractivity (Wildman–Crippen MR) is 81.2 cm³/mol. The minimum absolute atomic E-state index is 0.0195. The van der Waals surface area contributed by atoms with E-state index in [1.54, 1.807) is 0 Å². The van der Waals surface area contributed by atoms with E-state index in [2.05, 4.69) is 48.9 Å². The van der Waals surface area contributed by atoms with Crippen LogP contribution in [-0.2, 0) is 6.54 Å². The zero-order valence-electron chi connectivity index (χ0n) is 12.4. The Kier molecular flexibility index (Phi) is 3.58. The fourth-order valence-electron chi connectivity index (χ4n) is 3.06. The van der Waals surface area contributed by atoms with E-state index >= 15 is 0 Å². The molecule has 0 atom stereocenters. The van der Waals surface area contributed by atoms with Crippen molar-refractivity contribution in [3.63, 3.8) is 0 Å². The van der Waals surface area contributed by atoms with Gasteiger partial charge in [-0.2, -0.15) is 0 Å². The van der Waals surface area contributed by atoms with Crippen molar-refractivity contribution in [2.45, 2.75) is 41.2 Å². The zero-order chi connectivity index (χ0) is 14.4.